The molecular formula is C28H31Cl2N3O4S. The first kappa shape index (κ1) is 28.4. The lowest BCUT2D eigenvalue weighted by Gasteiger charge is -2.34. The van der Waals surface area contributed by atoms with Gasteiger partial charge in [0.05, 0.1) is 11.8 Å². The van der Waals surface area contributed by atoms with Gasteiger partial charge in [-0.05, 0) is 61.4 Å². The van der Waals surface area contributed by atoms with Gasteiger partial charge in [0.2, 0.25) is 10.0 Å². The van der Waals surface area contributed by atoms with Gasteiger partial charge < -0.3 is 9.47 Å². The molecule has 0 spiro atoms. The largest absolute Gasteiger partial charge is 0.336 e. The van der Waals surface area contributed by atoms with Crippen molar-refractivity contribution in [1.29, 1.82) is 0 Å². The van der Waals surface area contributed by atoms with E-state index in [0.29, 0.717) is 15.7 Å². The molecular weight excluding hydrogens is 545 g/mol. The normalized spacial score (nSPS) is 16.3. The van der Waals surface area contributed by atoms with Crippen LogP contribution in [0.25, 0.3) is 0 Å². The molecule has 1 amide bonds. The molecule has 1 aromatic heterocycles. The van der Waals surface area contributed by atoms with Crippen LogP contribution >= 0.6 is 23.2 Å². The van der Waals surface area contributed by atoms with Crippen LogP contribution in [0.3, 0.4) is 0 Å². The van der Waals surface area contributed by atoms with E-state index in [9.17, 15) is 18.0 Å². The van der Waals surface area contributed by atoms with Crippen LogP contribution in [0.1, 0.15) is 53.0 Å². The summed E-state index contributed by atoms with van der Waals surface area (Å²) in [6, 6.07) is 17.8. The van der Waals surface area contributed by atoms with Crippen LogP contribution in [0.4, 0.5) is 0 Å². The van der Waals surface area contributed by atoms with Crippen molar-refractivity contribution < 1.29 is 13.2 Å². The lowest BCUT2D eigenvalue weighted by Crippen LogP contribution is -2.51. The average molecular weight is 577 g/mol. The summed E-state index contributed by atoms with van der Waals surface area (Å²) in [5.74, 6) is -0.522. The van der Waals surface area contributed by atoms with E-state index in [2.05, 4.69) is 0 Å². The second kappa shape index (κ2) is 11.6. The Bertz CT molecular complexity index is 1460. The van der Waals surface area contributed by atoms with Gasteiger partial charge in [-0.2, -0.15) is 4.31 Å². The first-order valence-electron chi connectivity index (χ1n) is 12.5. The number of benzene rings is 2. The quantitative estimate of drug-likeness (QED) is 0.398. The molecule has 1 fully saturated rings. The van der Waals surface area contributed by atoms with Crippen molar-refractivity contribution in [2.24, 2.45) is 0 Å². The summed E-state index contributed by atoms with van der Waals surface area (Å²) in [5, 5.41) is 1.21. The molecule has 0 unspecified atom stereocenters. The van der Waals surface area contributed by atoms with Gasteiger partial charge in [0, 0.05) is 47.8 Å². The molecule has 202 valence electrons. The lowest BCUT2D eigenvalue weighted by atomic mass is 9.87. The summed E-state index contributed by atoms with van der Waals surface area (Å²) < 4.78 is 27.5. The molecule has 0 aliphatic carbocycles. The number of hydrogen-bond donors (Lipinski definition) is 0. The Hall–Kier alpha value is -2.65. The molecule has 2 aromatic carbocycles. The van der Waals surface area contributed by atoms with Crippen molar-refractivity contribution >= 4 is 39.1 Å². The third-order valence-electron chi connectivity index (χ3n) is 7.19. The molecule has 1 aliphatic rings. The number of carbonyl (C=O) groups is 1. The van der Waals surface area contributed by atoms with Gasteiger partial charge in [-0.1, -0.05) is 54.4 Å². The minimum Gasteiger partial charge on any atom is -0.336 e. The molecule has 3 aromatic rings. The third kappa shape index (κ3) is 5.83. The van der Waals surface area contributed by atoms with Crippen molar-refractivity contribution in [3.8, 4) is 0 Å². The van der Waals surface area contributed by atoms with Crippen LogP contribution in [0.15, 0.2) is 65.5 Å². The number of sulfonamides is 1. The lowest BCUT2D eigenvalue weighted by molar-refractivity contribution is 0.0695. The highest BCUT2D eigenvalue weighted by Gasteiger charge is 2.31. The second-order valence-corrected chi connectivity index (χ2v) is 12.6. The van der Waals surface area contributed by atoms with Crippen molar-refractivity contribution in [3.05, 3.63) is 103 Å². The highest BCUT2D eigenvalue weighted by atomic mass is 35.5. The SMILES string of the molecule is CCS(=O)(=O)N1CCN(C(=O)c2ccc(C)n([C@@H](c3ccc(Cl)cc3)[C@H](C)c3ccc(Cl)cc3)c2=O)CC1. The van der Waals surface area contributed by atoms with Crippen molar-refractivity contribution in [3.63, 3.8) is 0 Å². The predicted molar refractivity (Wildman–Crippen MR) is 152 cm³/mol. The molecule has 0 saturated carbocycles. The van der Waals surface area contributed by atoms with Crippen LogP contribution in [-0.4, -0.2) is 60.0 Å². The van der Waals surface area contributed by atoms with E-state index in [4.69, 9.17) is 23.2 Å². The molecule has 0 radical (unpaired) electrons. The Morgan fingerprint density at radius 1 is 0.868 bits per heavy atom. The summed E-state index contributed by atoms with van der Waals surface area (Å²) in [6.07, 6.45) is 0. The number of carbonyl (C=O) groups excluding carboxylic acids is 1. The molecule has 4 rings (SSSR count). The zero-order chi connectivity index (χ0) is 27.6. The molecule has 2 atom stereocenters. The van der Waals surface area contributed by atoms with Gasteiger partial charge in [-0.15, -0.1) is 0 Å². The number of halogens is 2. The smallest absolute Gasteiger partial charge is 0.264 e. The molecule has 0 bridgehead atoms. The van der Waals surface area contributed by atoms with Crippen LogP contribution in [-0.2, 0) is 10.0 Å². The fourth-order valence-electron chi connectivity index (χ4n) is 4.95. The summed E-state index contributed by atoms with van der Waals surface area (Å²) in [5.41, 5.74) is 2.26. The van der Waals surface area contributed by atoms with Crippen LogP contribution < -0.4 is 5.56 Å². The topological polar surface area (TPSA) is 79.7 Å². The maximum absolute atomic E-state index is 14.0. The highest BCUT2D eigenvalue weighted by molar-refractivity contribution is 7.89. The van der Waals surface area contributed by atoms with E-state index in [-0.39, 0.29) is 49.0 Å². The summed E-state index contributed by atoms with van der Waals surface area (Å²) in [4.78, 5) is 29.0. The minimum atomic E-state index is -3.33. The van der Waals surface area contributed by atoms with Crippen LogP contribution in [0, 0.1) is 6.92 Å². The highest BCUT2D eigenvalue weighted by Crippen LogP contribution is 2.35. The molecule has 0 N–H and O–H groups in total. The Balaban J connectivity index is 1.73. The van der Waals surface area contributed by atoms with Gasteiger partial charge in [-0.3, -0.25) is 9.59 Å². The number of amides is 1. The maximum Gasteiger partial charge on any atom is 0.264 e. The summed E-state index contributed by atoms with van der Waals surface area (Å²) in [6.45, 7) is 6.37. The number of nitrogens with zero attached hydrogens (tertiary/aromatic N) is 3. The van der Waals surface area contributed by atoms with Crippen molar-refractivity contribution in [1.82, 2.24) is 13.8 Å². The van der Waals surface area contributed by atoms with E-state index in [1.165, 1.54) is 4.31 Å². The second-order valence-electron chi connectivity index (χ2n) is 9.49. The van der Waals surface area contributed by atoms with Crippen molar-refractivity contribution in [2.75, 3.05) is 31.9 Å². The standard InChI is InChI=1S/C28H31Cl2N3O4S/c1-4-38(36,37)32-17-15-31(16-18-32)27(34)25-14-5-19(2)33(28(25)35)26(22-8-12-24(30)13-9-22)20(3)21-6-10-23(29)11-7-21/h5-14,20,26H,4,15-18H2,1-3H3/t20-,26-/m1/s1. The van der Waals surface area contributed by atoms with Gasteiger partial charge in [0.1, 0.15) is 5.56 Å². The van der Waals surface area contributed by atoms with Gasteiger partial charge >= 0.3 is 0 Å². The van der Waals surface area contributed by atoms with Gasteiger partial charge in [0.15, 0.2) is 0 Å². The Morgan fingerprint density at radius 2 is 1.39 bits per heavy atom. The van der Waals surface area contributed by atoms with Crippen LogP contribution in [0.5, 0.6) is 0 Å². The van der Waals surface area contributed by atoms with Crippen molar-refractivity contribution in [2.45, 2.75) is 32.7 Å². The van der Waals surface area contributed by atoms with E-state index in [1.807, 2.05) is 50.2 Å². The van der Waals surface area contributed by atoms with Crippen LogP contribution in [0.2, 0.25) is 10.0 Å². The minimum absolute atomic E-state index is 0.0154. The Labute approximate surface area is 233 Å². The number of piperazine rings is 1. The molecule has 1 aliphatic heterocycles. The van der Waals surface area contributed by atoms with Gasteiger partial charge in [0.25, 0.3) is 11.5 Å². The van der Waals surface area contributed by atoms with Gasteiger partial charge in [-0.25, -0.2) is 8.42 Å². The molecule has 2 heterocycles. The zero-order valence-corrected chi connectivity index (χ0v) is 23.9. The number of aromatic nitrogens is 1. The average Bonchev–Trinajstić information content (AvgIpc) is 2.91. The molecule has 7 nitrogen and oxygen atoms in total. The van der Waals surface area contributed by atoms with E-state index in [1.54, 1.807) is 40.7 Å². The summed E-state index contributed by atoms with van der Waals surface area (Å²) >= 11 is 12.3. The predicted octanol–water partition coefficient (Wildman–Crippen LogP) is 4.96. The first-order valence-corrected chi connectivity index (χ1v) is 14.9. The Morgan fingerprint density at radius 3 is 1.92 bits per heavy atom. The Kier molecular flexibility index (Phi) is 8.67. The van der Waals surface area contributed by atoms with E-state index < -0.39 is 22.0 Å². The number of hydrogen-bond acceptors (Lipinski definition) is 4. The van der Waals surface area contributed by atoms with E-state index in [0.717, 1.165) is 11.1 Å². The maximum atomic E-state index is 14.0. The number of pyridine rings is 1. The monoisotopic (exact) mass is 575 g/mol. The van der Waals surface area contributed by atoms with E-state index >= 15 is 0 Å². The first-order chi connectivity index (χ1) is 18.0. The number of rotatable bonds is 7. The third-order valence-corrected chi connectivity index (χ3v) is 9.58. The summed E-state index contributed by atoms with van der Waals surface area (Å²) in [7, 11) is -3.33. The zero-order valence-electron chi connectivity index (χ0n) is 21.6. The molecule has 38 heavy (non-hydrogen) atoms. The number of aryl methyl sites for hydroxylation is 1. The molecule has 10 heteroatoms. The fraction of sp³-hybridized carbons (Fsp3) is 0.357. The fourth-order valence-corrected chi connectivity index (χ4v) is 6.28. The molecule has 1 saturated heterocycles.